The Morgan fingerprint density at radius 3 is 2.71 bits per heavy atom. The fraction of sp³-hybridized carbons (Fsp3) is 0.312. The summed E-state index contributed by atoms with van der Waals surface area (Å²) < 4.78 is 15.9. The lowest BCUT2D eigenvalue weighted by Gasteiger charge is -2.19. The van der Waals surface area contributed by atoms with E-state index in [1.807, 2.05) is 6.07 Å². The molecule has 0 aliphatic carbocycles. The number of methoxy groups -OCH3 is 1. The van der Waals surface area contributed by atoms with E-state index in [1.54, 1.807) is 19.4 Å². The second-order valence-corrected chi connectivity index (χ2v) is 5.32. The summed E-state index contributed by atoms with van der Waals surface area (Å²) in [5, 5.41) is 2.86. The number of amides is 2. The third-order valence-corrected chi connectivity index (χ3v) is 3.78. The van der Waals surface area contributed by atoms with Crippen molar-refractivity contribution in [3.8, 4) is 5.88 Å². The summed E-state index contributed by atoms with van der Waals surface area (Å²) >= 11 is 0. The molecule has 0 radical (unpaired) electrons. The molecule has 126 valence electrons. The van der Waals surface area contributed by atoms with Crippen LogP contribution in [0.4, 0.5) is 0 Å². The zero-order chi connectivity index (χ0) is 17.1. The molecule has 0 bridgehead atoms. The number of primary amides is 1. The van der Waals surface area contributed by atoms with Gasteiger partial charge in [0.1, 0.15) is 6.10 Å². The maximum Gasteiger partial charge on any atom is 0.287 e. The molecule has 8 nitrogen and oxygen atoms in total. The van der Waals surface area contributed by atoms with Crippen molar-refractivity contribution in [1.29, 1.82) is 0 Å². The number of carbonyl (C=O) groups is 2. The number of ether oxygens (including phenoxy) is 2. The van der Waals surface area contributed by atoms with Crippen molar-refractivity contribution in [3.05, 3.63) is 47.5 Å². The first-order chi connectivity index (χ1) is 11.6. The molecule has 3 N–H and O–H groups in total. The van der Waals surface area contributed by atoms with Gasteiger partial charge in [-0.05, 0) is 24.6 Å². The Hall–Kier alpha value is -2.87. The SMILES string of the molecule is COc1ccc([C@H]2OCC[C@@H]2NC(=O)c2ccc(C(N)=O)o2)cn1. The van der Waals surface area contributed by atoms with Gasteiger partial charge in [-0.25, -0.2) is 4.98 Å². The second-order valence-electron chi connectivity index (χ2n) is 5.32. The van der Waals surface area contributed by atoms with Gasteiger partial charge in [-0.2, -0.15) is 0 Å². The minimum Gasteiger partial charge on any atom is -0.481 e. The third kappa shape index (κ3) is 3.23. The van der Waals surface area contributed by atoms with E-state index in [4.69, 9.17) is 19.6 Å². The molecule has 0 saturated carbocycles. The van der Waals surface area contributed by atoms with Crippen LogP contribution in [0.25, 0.3) is 0 Å². The fourth-order valence-corrected chi connectivity index (χ4v) is 2.58. The maximum atomic E-state index is 12.3. The van der Waals surface area contributed by atoms with Crippen LogP contribution in [-0.4, -0.2) is 36.6 Å². The summed E-state index contributed by atoms with van der Waals surface area (Å²) in [6.45, 7) is 0.520. The van der Waals surface area contributed by atoms with Crippen LogP contribution in [0.2, 0.25) is 0 Å². The third-order valence-electron chi connectivity index (χ3n) is 3.78. The Kier molecular flexibility index (Phi) is 4.48. The van der Waals surface area contributed by atoms with E-state index in [1.165, 1.54) is 12.1 Å². The average Bonchev–Trinajstić information content (AvgIpc) is 3.24. The van der Waals surface area contributed by atoms with E-state index in [0.29, 0.717) is 18.9 Å². The van der Waals surface area contributed by atoms with Crippen molar-refractivity contribution < 1.29 is 23.5 Å². The summed E-state index contributed by atoms with van der Waals surface area (Å²) in [4.78, 5) is 27.4. The van der Waals surface area contributed by atoms with Crippen molar-refractivity contribution in [3.63, 3.8) is 0 Å². The van der Waals surface area contributed by atoms with Gasteiger partial charge in [-0.1, -0.05) is 0 Å². The highest BCUT2D eigenvalue weighted by Crippen LogP contribution is 2.29. The van der Waals surface area contributed by atoms with Crippen molar-refractivity contribution in [2.45, 2.75) is 18.6 Å². The molecule has 2 atom stereocenters. The van der Waals surface area contributed by atoms with Crippen LogP contribution in [0, 0.1) is 0 Å². The molecule has 1 aliphatic rings. The molecule has 1 fully saturated rings. The van der Waals surface area contributed by atoms with E-state index >= 15 is 0 Å². The highest BCUT2D eigenvalue weighted by atomic mass is 16.5. The predicted octanol–water partition coefficient (Wildman–Crippen LogP) is 1.04. The summed E-state index contributed by atoms with van der Waals surface area (Å²) in [5.41, 5.74) is 5.95. The fourth-order valence-electron chi connectivity index (χ4n) is 2.58. The maximum absolute atomic E-state index is 12.3. The Balaban J connectivity index is 1.70. The minimum absolute atomic E-state index is 0.0299. The molecule has 8 heteroatoms. The van der Waals surface area contributed by atoms with Crippen LogP contribution >= 0.6 is 0 Å². The van der Waals surface area contributed by atoms with Gasteiger partial charge in [0.25, 0.3) is 11.8 Å². The van der Waals surface area contributed by atoms with Crippen molar-refractivity contribution in [2.75, 3.05) is 13.7 Å². The van der Waals surface area contributed by atoms with Gasteiger partial charge in [0, 0.05) is 24.4 Å². The Morgan fingerprint density at radius 2 is 2.08 bits per heavy atom. The number of aromatic nitrogens is 1. The molecule has 2 aromatic rings. The summed E-state index contributed by atoms with van der Waals surface area (Å²) in [6, 6.07) is 6.14. The van der Waals surface area contributed by atoms with E-state index < -0.39 is 11.8 Å². The van der Waals surface area contributed by atoms with E-state index in [-0.39, 0.29) is 23.7 Å². The first-order valence-electron chi connectivity index (χ1n) is 7.40. The standard InChI is InChI=1S/C16H17N3O5/c1-22-13-5-2-9(8-18-13)14-10(6-7-23-14)19-16(21)12-4-3-11(24-12)15(17)20/h2-5,8,10,14H,6-7H2,1H3,(H2,17,20)(H,19,21)/t10-,14+/m0/s1. The largest absolute Gasteiger partial charge is 0.481 e. The molecular weight excluding hydrogens is 314 g/mol. The van der Waals surface area contributed by atoms with Crippen LogP contribution in [0.5, 0.6) is 5.88 Å². The average molecular weight is 331 g/mol. The van der Waals surface area contributed by atoms with Gasteiger partial charge in [-0.3, -0.25) is 9.59 Å². The van der Waals surface area contributed by atoms with Gasteiger partial charge < -0.3 is 24.9 Å². The number of furan rings is 1. The van der Waals surface area contributed by atoms with Gasteiger partial charge in [-0.15, -0.1) is 0 Å². The van der Waals surface area contributed by atoms with Crippen molar-refractivity contribution in [2.24, 2.45) is 5.73 Å². The number of hydrogen-bond donors (Lipinski definition) is 2. The number of nitrogens with zero attached hydrogens (tertiary/aromatic N) is 1. The molecule has 2 amide bonds. The van der Waals surface area contributed by atoms with Crippen LogP contribution in [0.15, 0.2) is 34.9 Å². The lowest BCUT2D eigenvalue weighted by atomic mass is 10.0. The lowest BCUT2D eigenvalue weighted by Crippen LogP contribution is -2.36. The number of nitrogens with one attached hydrogen (secondary N) is 1. The van der Waals surface area contributed by atoms with Crippen LogP contribution in [0.3, 0.4) is 0 Å². The van der Waals surface area contributed by atoms with Crippen LogP contribution < -0.4 is 15.8 Å². The first kappa shape index (κ1) is 16.0. The van der Waals surface area contributed by atoms with Crippen molar-refractivity contribution >= 4 is 11.8 Å². The van der Waals surface area contributed by atoms with Gasteiger partial charge in [0.05, 0.1) is 13.2 Å². The molecule has 1 aliphatic heterocycles. The molecule has 0 unspecified atom stereocenters. The molecular formula is C16H17N3O5. The quantitative estimate of drug-likeness (QED) is 0.845. The van der Waals surface area contributed by atoms with Gasteiger partial charge in [0.15, 0.2) is 11.5 Å². The zero-order valence-electron chi connectivity index (χ0n) is 13.0. The summed E-state index contributed by atoms with van der Waals surface area (Å²) in [5.74, 6) is -0.669. The molecule has 3 rings (SSSR count). The van der Waals surface area contributed by atoms with Gasteiger partial charge >= 0.3 is 0 Å². The second kappa shape index (κ2) is 6.71. The van der Waals surface area contributed by atoms with E-state index in [0.717, 1.165) is 5.56 Å². The Bertz CT molecular complexity index is 740. The number of hydrogen-bond acceptors (Lipinski definition) is 6. The Labute approximate surface area is 137 Å². The van der Waals surface area contributed by atoms with Crippen molar-refractivity contribution in [1.82, 2.24) is 10.3 Å². The zero-order valence-corrected chi connectivity index (χ0v) is 13.0. The first-order valence-corrected chi connectivity index (χ1v) is 7.40. The van der Waals surface area contributed by atoms with E-state index in [2.05, 4.69) is 10.3 Å². The van der Waals surface area contributed by atoms with Gasteiger partial charge in [0.2, 0.25) is 5.88 Å². The minimum atomic E-state index is -0.722. The number of rotatable bonds is 5. The number of nitrogens with two attached hydrogens (primary N) is 1. The van der Waals surface area contributed by atoms with Crippen LogP contribution in [0.1, 0.15) is 39.2 Å². The predicted molar refractivity (Wildman–Crippen MR) is 82.6 cm³/mol. The smallest absolute Gasteiger partial charge is 0.287 e. The number of pyridine rings is 1. The monoisotopic (exact) mass is 331 g/mol. The highest BCUT2D eigenvalue weighted by molar-refractivity contribution is 5.95. The molecule has 1 saturated heterocycles. The topological polar surface area (TPSA) is 117 Å². The molecule has 0 aromatic carbocycles. The summed E-state index contributed by atoms with van der Waals surface area (Å²) in [6.07, 6.45) is 2.01. The summed E-state index contributed by atoms with van der Waals surface area (Å²) in [7, 11) is 1.54. The highest BCUT2D eigenvalue weighted by Gasteiger charge is 2.32. The number of carbonyl (C=O) groups excluding carboxylic acids is 2. The molecule has 2 aromatic heterocycles. The lowest BCUT2D eigenvalue weighted by molar-refractivity contribution is 0.0797. The van der Waals surface area contributed by atoms with E-state index in [9.17, 15) is 9.59 Å². The Morgan fingerprint density at radius 1 is 1.29 bits per heavy atom. The molecule has 24 heavy (non-hydrogen) atoms. The molecule has 3 heterocycles. The van der Waals surface area contributed by atoms with Crippen LogP contribution in [-0.2, 0) is 4.74 Å². The normalized spacial score (nSPS) is 19.9. The molecule has 0 spiro atoms.